The van der Waals surface area contributed by atoms with Crippen molar-refractivity contribution >= 4 is 12.2 Å². The summed E-state index contributed by atoms with van der Waals surface area (Å²) in [6.45, 7) is 8.26. The van der Waals surface area contributed by atoms with Gasteiger partial charge in [0, 0.05) is 38.3 Å². The van der Waals surface area contributed by atoms with E-state index in [2.05, 4.69) is 10.2 Å². The van der Waals surface area contributed by atoms with Gasteiger partial charge in [-0.2, -0.15) is 0 Å². The van der Waals surface area contributed by atoms with Crippen LogP contribution >= 0.6 is 0 Å². The molecule has 1 unspecified atom stereocenters. The highest BCUT2D eigenvalue weighted by molar-refractivity contribution is 5.68. The van der Waals surface area contributed by atoms with Gasteiger partial charge in [-0.05, 0) is 46.5 Å². The van der Waals surface area contributed by atoms with Crippen LogP contribution in [0.4, 0.5) is 9.59 Å². The zero-order valence-corrected chi connectivity index (χ0v) is 14.4. The van der Waals surface area contributed by atoms with Crippen molar-refractivity contribution in [1.82, 2.24) is 15.1 Å². The summed E-state index contributed by atoms with van der Waals surface area (Å²) >= 11 is 0. The number of piperazine rings is 1. The monoisotopic (exact) mass is 327 g/mol. The first-order valence-corrected chi connectivity index (χ1v) is 8.46. The average molecular weight is 327 g/mol. The largest absolute Gasteiger partial charge is 0.465 e. The third kappa shape index (κ3) is 5.57. The van der Waals surface area contributed by atoms with Gasteiger partial charge in [0.05, 0.1) is 0 Å². The van der Waals surface area contributed by atoms with Gasteiger partial charge in [0.15, 0.2) is 0 Å². The normalized spacial score (nSPS) is 26.7. The van der Waals surface area contributed by atoms with Crippen molar-refractivity contribution in [3.63, 3.8) is 0 Å². The van der Waals surface area contributed by atoms with Gasteiger partial charge in [-0.1, -0.05) is 0 Å². The Hall–Kier alpha value is -1.50. The molecule has 1 aliphatic heterocycles. The van der Waals surface area contributed by atoms with Crippen LogP contribution in [-0.4, -0.2) is 71.0 Å². The van der Waals surface area contributed by atoms with Gasteiger partial charge < -0.3 is 20.1 Å². The van der Waals surface area contributed by atoms with E-state index in [1.807, 2.05) is 20.8 Å². The summed E-state index contributed by atoms with van der Waals surface area (Å²) in [5.74, 6) is 0. The summed E-state index contributed by atoms with van der Waals surface area (Å²) < 4.78 is 5.33. The summed E-state index contributed by atoms with van der Waals surface area (Å²) in [7, 11) is 0. The van der Waals surface area contributed by atoms with E-state index in [0.29, 0.717) is 19.1 Å². The Morgan fingerprint density at radius 2 is 1.78 bits per heavy atom. The minimum Gasteiger partial charge on any atom is -0.465 e. The molecule has 1 saturated carbocycles. The SMILES string of the molecule is CC(C)(C)OC(=O)N[C@@H]1CCCC(N2CCN(C(=O)O)CC2)C1. The van der Waals surface area contributed by atoms with E-state index in [1.54, 1.807) is 0 Å². The lowest BCUT2D eigenvalue weighted by Crippen LogP contribution is -2.54. The lowest BCUT2D eigenvalue weighted by molar-refractivity contribution is 0.0430. The molecule has 2 rings (SSSR count). The maximum absolute atomic E-state index is 11.9. The molecule has 2 atom stereocenters. The molecule has 2 fully saturated rings. The van der Waals surface area contributed by atoms with Gasteiger partial charge in [0.2, 0.25) is 0 Å². The second-order valence-corrected chi connectivity index (χ2v) is 7.47. The standard InChI is InChI=1S/C16H29N3O4/c1-16(2,3)23-14(20)17-12-5-4-6-13(11-12)18-7-9-19(10-8-18)15(21)22/h12-13H,4-11H2,1-3H3,(H,17,20)(H,21,22)/t12-,13?/m1/s1. The molecule has 7 heteroatoms. The number of nitrogens with zero attached hydrogens (tertiary/aromatic N) is 2. The number of amides is 2. The Labute approximate surface area is 138 Å². The number of alkyl carbamates (subject to hydrolysis) is 1. The summed E-state index contributed by atoms with van der Waals surface area (Å²) in [5.41, 5.74) is -0.481. The van der Waals surface area contributed by atoms with Crippen LogP contribution in [0.25, 0.3) is 0 Å². The van der Waals surface area contributed by atoms with Crippen molar-refractivity contribution in [3.05, 3.63) is 0 Å². The lowest BCUT2D eigenvalue weighted by atomic mass is 9.89. The highest BCUT2D eigenvalue weighted by atomic mass is 16.6. The molecule has 2 amide bonds. The van der Waals surface area contributed by atoms with Crippen LogP contribution in [-0.2, 0) is 4.74 Å². The molecule has 0 aromatic rings. The molecule has 132 valence electrons. The number of carbonyl (C=O) groups is 2. The van der Waals surface area contributed by atoms with E-state index in [1.165, 1.54) is 4.90 Å². The molecule has 1 heterocycles. The summed E-state index contributed by atoms with van der Waals surface area (Å²) in [6, 6.07) is 0.556. The number of ether oxygens (including phenoxy) is 1. The number of hydrogen-bond acceptors (Lipinski definition) is 4. The van der Waals surface area contributed by atoms with E-state index in [9.17, 15) is 9.59 Å². The van der Waals surface area contributed by atoms with Crippen LogP contribution in [0.1, 0.15) is 46.5 Å². The zero-order chi connectivity index (χ0) is 17.0. The van der Waals surface area contributed by atoms with Crippen molar-refractivity contribution in [1.29, 1.82) is 0 Å². The summed E-state index contributed by atoms with van der Waals surface area (Å²) in [4.78, 5) is 26.7. The van der Waals surface area contributed by atoms with E-state index >= 15 is 0 Å². The maximum Gasteiger partial charge on any atom is 0.407 e. The Morgan fingerprint density at radius 3 is 2.35 bits per heavy atom. The molecule has 7 nitrogen and oxygen atoms in total. The predicted molar refractivity (Wildman–Crippen MR) is 86.6 cm³/mol. The van der Waals surface area contributed by atoms with Gasteiger partial charge in [0.1, 0.15) is 5.60 Å². The molecular formula is C16H29N3O4. The molecule has 0 radical (unpaired) electrons. The first-order valence-electron chi connectivity index (χ1n) is 8.46. The fourth-order valence-corrected chi connectivity index (χ4v) is 3.38. The number of hydrogen-bond donors (Lipinski definition) is 2. The molecule has 1 aliphatic carbocycles. The van der Waals surface area contributed by atoms with Crippen LogP contribution in [0.2, 0.25) is 0 Å². The van der Waals surface area contributed by atoms with Crippen LogP contribution in [0.5, 0.6) is 0 Å². The highest BCUT2D eigenvalue weighted by Gasteiger charge is 2.31. The minimum atomic E-state index is -0.835. The fraction of sp³-hybridized carbons (Fsp3) is 0.875. The molecule has 0 aromatic carbocycles. The van der Waals surface area contributed by atoms with Crippen molar-refractivity contribution in [2.24, 2.45) is 0 Å². The minimum absolute atomic E-state index is 0.140. The number of carbonyl (C=O) groups excluding carboxylic acids is 1. The van der Waals surface area contributed by atoms with E-state index < -0.39 is 11.7 Å². The first kappa shape index (κ1) is 17.8. The number of carboxylic acid groups (broad SMARTS) is 1. The smallest absolute Gasteiger partial charge is 0.407 e. The molecule has 1 saturated heterocycles. The van der Waals surface area contributed by atoms with Gasteiger partial charge in [-0.25, -0.2) is 9.59 Å². The van der Waals surface area contributed by atoms with Gasteiger partial charge in [-0.15, -0.1) is 0 Å². The van der Waals surface area contributed by atoms with Crippen molar-refractivity contribution < 1.29 is 19.4 Å². The Balaban J connectivity index is 1.80. The van der Waals surface area contributed by atoms with Crippen LogP contribution in [0.15, 0.2) is 0 Å². The van der Waals surface area contributed by atoms with Crippen LogP contribution < -0.4 is 5.32 Å². The molecule has 23 heavy (non-hydrogen) atoms. The average Bonchev–Trinajstić information content (AvgIpc) is 2.45. The fourth-order valence-electron chi connectivity index (χ4n) is 3.38. The van der Waals surface area contributed by atoms with Gasteiger partial charge in [-0.3, -0.25) is 4.90 Å². The first-order chi connectivity index (χ1) is 10.7. The second-order valence-electron chi connectivity index (χ2n) is 7.47. The Bertz CT molecular complexity index is 428. The molecular weight excluding hydrogens is 298 g/mol. The predicted octanol–water partition coefficient (Wildman–Crippen LogP) is 2.12. The molecule has 0 bridgehead atoms. The second kappa shape index (κ2) is 7.38. The molecule has 2 aliphatic rings. The highest BCUT2D eigenvalue weighted by Crippen LogP contribution is 2.24. The lowest BCUT2D eigenvalue weighted by Gasteiger charge is -2.41. The van der Waals surface area contributed by atoms with Crippen molar-refractivity contribution in [2.45, 2.75) is 64.1 Å². The van der Waals surface area contributed by atoms with Crippen LogP contribution in [0, 0.1) is 0 Å². The molecule has 2 N–H and O–H groups in total. The van der Waals surface area contributed by atoms with Gasteiger partial charge in [0.25, 0.3) is 0 Å². The van der Waals surface area contributed by atoms with E-state index in [0.717, 1.165) is 38.8 Å². The van der Waals surface area contributed by atoms with Crippen molar-refractivity contribution in [3.8, 4) is 0 Å². The quantitative estimate of drug-likeness (QED) is 0.812. The van der Waals surface area contributed by atoms with E-state index in [4.69, 9.17) is 9.84 Å². The number of rotatable bonds is 2. The van der Waals surface area contributed by atoms with Crippen LogP contribution in [0.3, 0.4) is 0 Å². The Morgan fingerprint density at radius 1 is 1.13 bits per heavy atom. The Kier molecular flexibility index (Phi) is 5.73. The third-order valence-electron chi connectivity index (χ3n) is 4.47. The third-order valence-corrected chi connectivity index (χ3v) is 4.47. The number of nitrogens with one attached hydrogen (secondary N) is 1. The molecule has 0 spiro atoms. The van der Waals surface area contributed by atoms with Crippen molar-refractivity contribution in [2.75, 3.05) is 26.2 Å². The summed E-state index contributed by atoms with van der Waals surface area (Å²) in [5, 5.41) is 12.0. The zero-order valence-electron chi connectivity index (χ0n) is 14.4. The molecule has 0 aromatic heterocycles. The maximum atomic E-state index is 11.9. The topological polar surface area (TPSA) is 82.1 Å². The van der Waals surface area contributed by atoms with Gasteiger partial charge >= 0.3 is 12.2 Å². The van der Waals surface area contributed by atoms with E-state index in [-0.39, 0.29) is 12.1 Å². The summed E-state index contributed by atoms with van der Waals surface area (Å²) in [6.07, 6.45) is 2.89.